The van der Waals surface area contributed by atoms with Crippen molar-refractivity contribution in [3.63, 3.8) is 0 Å². The van der Waals surface area contributed by atoms with Crippen LogP contribution in [0.4, 0.5) is 0 Å². The van der Waals surface area contributed by atoms with Crippen LogP contribution in [0.1, 0.15) is 98.6 Å². The van der Waals surface area contributed by atoms with Crippen LogP contribution in [-0.2, 0) is 24.9 Å². The summed E-state index contributed by atoms with van der Waals surface area (Å²) in [6, 6.07) is 25.7. The van der Waals surface area contributed by atoms with Crippen LogP contribution >= 0.6 is 0 Å². The van der Waals surface area contributed by atoms with Crippen LogP contribution < -0.4 is 4.57 Å². The van der Waals surface area contributed by atoms with E-state index in [0.717, 1.165) is 36.9 Å². The van der Waals surface area contributed by atoms with Crippen LogP contribution in [0.25, 0.3) is 43.7 Å². The van der Waals surface area contributed by atoms with E-state index in [4.69, 9.17) is 4.98 Å². The number of hydrogen-bond acceptors (Lipinski definition) is 3. The monoisotopic (exact) mass is 795 g/mol. The number of fused-ring (bicyclic) bond motifs is 4. The van der Waals surface area contributed by atoms with Crippen molar-refractivity contribution in [2.75, 3.05) is 0 Å². The molecule has 1 N–H and O–H groups in total. The molecular weight excluding hydrogens is 745 g/mol. The standard InChI is InChI=1S/C28H26N2.C13H24O2.Ir/c1-18(2)20-9-12-25-21(15-20)13-14-29-28(25)22-10-11-24-23(16-22)17-30(19(3)4)27-8-6-5-7-26(24)27;1-5-10(6-2)12(14)9-13(15)11(7-3)8-4;/h5-9,11-19H,1-4H3;9-11,14H,5-8H2,1-4H3;/b;12-9-;. The molecule has 2 aromatic heterocycles. The topological polar surface area (TPSA) is 54.1 Å². The van der Waals surface area contributed by atoms with Gasteiger partial charge in [-0.25, -0.2) is 0 Å². The van der Waals surface area contributed by atoms with Crippen molar-refractivity contribution < 1.29 is 34.6 Å². The third-order valence-electron chi connectivity index (χ3n) is 9.08. The normalized spacial score (nSPS) is 11.9. The van der Waals surface area contributed by atoms with Crippen molar-refractivity contribution >= 4 is 38.2 Å². The number of hydrogen-bond donors (Lipinski definition) is 1. The van der Waals surface area contributed by atoms with E-state index in [1.54, 1.807) is 0 Å². The summed E-state index contributed by atoms with van der Waals surface area (Å²) in [5, 5.41) is 15.9. The molecule has 0 aliphatic carbocycles. The third-order valence-corrected chi connectivity index (χ3v) is 9.08. The van der Waals surface area contributed by atoms with E-state index in [1.165, 1.54) is 44.1 Å². The predicted octanol–water partition coefficient (Wildman–Crippen LogP) is 10.9. The number of aliphatic hydroxyl groups is 1. The number of allylic oxidation sites excluding steroid dienone is 2. The summed E-state index contributed by atoms with van der Waals surface area (Å²) in [5.74, 6) is 1.06. The minimum atomic E-state index is 0. The van der Waals surface area contributed by atoms with E-state index >= 15 is 0 Å². The Labute approximate surface area is 289 Å². The molecule has 46 heavy (non-hydrogen) atoms. The van der Waals surface area contributed by atoms with Gasteiger partial charge in [0.25, 0.3) is 0 Å². The maximum absolute atomic E-state index is 11.7. The van der Waals surface area contributed by atoms with Crippen LogP contribution in [0, 0.1) is 17.9 Å². The molecule has 0 fully saturated rings. The van der Waals surface area contributed by atoms with Gasteiger partial charge in [0.2, 0.25) is 5.52 Å². The first kappa shape index (κ1) is 37.1. The van der Waals surface area contributed by atoms with E-state index in [0.29, 0.717) is 12.0 Å². The maximum atomic E-state index is 11.7. The van der Waals surface area contributed by atoms with E-state index in [9.17, 15) is 9.90 Å². The van der Waals surface area contributed by atoms with Crippen LogP contribution in [-0.4, -0.2) is 15.9 Å². The van der Waals surface area contributed by atoms with Gasteiger partial charge in [-0.2, -0.15) is 4.57 Å². The first-order valence-corrected chi connectivity index (χ1v) is 16.7. The number of pyridine rings is 2. The van der Waals surface area contributed by atoms with Crippen molar-refractivity contribution in [3.8, 4) is 11.3 Å². The van der Waals surface area contributed by atoms with E-state index in [2.05, 4.69) is 105 Å². The molecule has 0 aliphatic heterocycles. The Hall–Kier alpha value is -3.40. The second kappa shape index (κ2) is 17.0. The number of carbonyl (C=O) groups is 1. The molecular formula is C41H50IrN2O2. The van der Waals surface area contributed by atoms with Crippen LogP contribution in [0.3, 0.4) is 0 Å². The number of para-hydroxylation sites is 1. The van der Waals surface area contributed by atoms with Gasteiger partial charge in [0.1, 0.15) is 0 Å². The minimum absolute atomic E-state index is 0. The van der Waals surface area contributed by atoms with Crippen molar-refractivity contribution in [2.45, 2.75) is 93.0 Å². The number of aliphatic hydroxyl groups excluding tert-OH is 1. The molecule has 3 aromatic carbocycles. The summed E-state index contributed by atoms with van der Waals surface area (Å²) in [6.45, 7) is 17.0. The first-order valence-electron chi connectivity index (χ1n) is 16.7. The minimum Gasteiger partial charge on any atom is -0.512 e. The average molecular weight is 795 g/mol. The van der Waals surface area contributed by atoms with Gasteiger partial charge < -0.3 is 10.1 Å². The molecule has 0 atom stereocenters. The second-order valence-corrected chi connectivity index (χ2v) is 12.7. The summed E-state index contributed by atoms with van der Waals surface area (Å²) >= 11 is 0. The molecule has 2 heterocycles. The molecule has 4 nitrogen and oxygen atoms in total. The summed E-state index contributed by atoms with van der Waals surface area (Å²) in [5.41, 5.74) is 4.64. The molecule has 1 radical (unpaired) electrons. The van der Waals surface area contributed by atoms with E-state index < -0.39 is 0 Å². The number of carbonyl (C=O) groups excluding carboxylic acids is 1. The molecule has 0 aliphatic rings. The molecule has 245 valence electrons. The van der Waals surface area contributed by atoms with Crippen LogP contribution in [0.15, 0.2) is 84.9 Å². The molecule has 0 unspecified atom stereocenters. The molecule has 0 bridgehead atoms. The van der Waals surface area contributed by atoms with Crippen molar-refractivity contribution in [2.24, 2.45) is 11.8 Å². The van der Waals surface area contributed by atoms with Crippen LogP contribution in [0.5, 0.6) is 0 Å². The van der Waals surface area contributed by atoms with E-state index in [1.807, 2.05) is 33.9 Å². The Morgan fingerprint density at radius 1 is 0.848 bits per heavy atom. The summed E-state index contributed by atoms with van der Waals surface area (Å²) in [6.07, 6.45) is 9.08. The Kier molecular flexibility index (Phi) is 13.7. The van der Waals surface area contributed by atoms with E-state index in [-0.39, 0.29) is 43.5 Å². The number of benzene rings is 3. The molecule has 5 rings (SSSR count). The van der Waals surface area contributed by atoms with Gasteiger partial charge >= 0.3 is 0 Å². The fourth-order valence-electron chi connectivity index (χ4n) is 6.11. The smallest absolute Gasteiger partial charge is 0.203 e. The van der Waals surface area contributed by atoms with Gasteiger partial charge in [-0.1, -0.05) is 83.3 Å². The fraction of sp³-hybridized carbons (Fsp3) is 0.390. The zero-order valence-electron chi connectivity index (χ0n) is 28.7. The summed E-state index contributed by atoms with van der Waals surface area (Å²) in [7, 11) is 0. The van der Waals surface area contributed by atoms with Crippen molar-refractivity contribution in [1.82, 2.24) is 4.98 Å². The Morgan fingerprint density at radius 2 is 1.52 bits per heavy atom. The molecule has 0 spiro atoms. The zero-order valence-corrected chi connectivity index (χ0v) is 31.1. The van der Waals surface area contributed by atoms with Crippen LogP contribution in [0.2, 0.25) is 0 Å². The SMILES string of the molecule is CC(C)c1ccc2c(-c3[c-]cc4c(c3)c[n+](C(C)C)c3ccccc43)nccc2c1.CCC(CC)C(=O)/C=C(\O)C(CC)CC.[Ir]. The summed E-state index contributed by atoms with van der Waals surface area (Å²) in [4.78, 5) is 16.5. The van der Waals surface area contributed by atoms with Crippen molar-refractivity contribution in [3.05, 3.63) is 96.5 Å². The van der Waals surface area contributed by atoms with Gasteiger partial charge in [-0.05, 0) is 78.9 Å². The predicted molar refractivity (Wildman–Crippen MR) is 190 cm³/mol. The molecule has 0 saturated heterocycles. The number of aromatic nitrogens is 2. The molecule has 5 aromatic rings. The number of nitrogens with zero attached hydrogens (tertiary/aromatic N) is 2. The molecule has 0 saturated carbocycles. The first-order chi connectivity index (χ1) is 21.6. The zero-order chi connectivity index (χ0) is 32.7. The third kappa shape index (κ3) is 8.30. The van der Waals surface area contributed by atoms with Gasteiger partial charge in [0.15, 0.2) is 18.0 Å². The quantitative estimate of drug-likeness (QED) is 0.0504. The Balaban J connectivity index is 0.000000309. The largest absolute Gasteiger partial charge is 0.512 e. The van der Waals surface area contributed by atoms with Gasteiger partial charge in [0.05, 0.1) is 5.76 Å². The number of ketones is 1. The fourth-order valence-corrected chi connectivity index (χ4v) is 6.11. The van der Waals surface area contributed by atoms with Crippen molar-refractivity contribution in [1.29, 1.82) is 0 Å². The Morgan fingerprint density at radius 3 is 2.15 bits per heavy atom. The molecule has 0 amide bonds. The number of rotatable bonds is 10. The molecule has 5 heteroatoms. The Bertz CT molecular complexity index is 1800. The summed E-state index contributed by atoms with van der Waals surface area (Å²) < 4.78 is 2.35. The maximum Gasteiger partial charge on any atom is 0.203 e. The van der Waals surface area contributed by atoms with Gasteiger partial charge in [-0.3, -0.25) is 4.79 Å². The average Bonchev–Trinajstić information content (AvgIpc) is 3.04. The van der Waals surface area contributed by atoms with Gasteiger partial charge in [0, 0.05) is 55.7 Å². The van der Waals surface area contributed by atoms with Gasteiger partial charge in [-0.15, -0.1) is 23.8 Å². The second-order valence-electron chi connectivity index (χ2n) is 12.7.